The first-order chi connectivity index (χ1) is 8.20. The molecule has 4 nitrogen and oxygen atoms in total. The van der Waals surface area contributed by atoms with E-state index in [1.165, 1.54) is 0 Å². The zero-order valence-electron chi connectivity index (χ0n) is 10.3. The lowest BCUT2D eigenvalue weighted by molar-refractivity contribution is 0.0931. The summed E-state index contributed by atoms with van der Waals surface area (Å²) in [4.78, 5) is 12.1. The number of nitrogens with two attached hydrogens (primary N) is 1. The van der Waals surface area contributed by atoms with Gasteiger partial charge in [0, 0.05) is 13.7 Å². The molecule has 94 valence electrons. The molecule has 0 aliphatic heterocycles. The molecule has 0 fully saturated rings. The van der Waals surface area contributed by atoms with Crippen LogP contribution in [0.15, 0.2) is 24.3 Å². The van der Waals surface area contributed by atoms with Crippen molar-refractivity contribution >= 4 is 5.78 Å². The van der Waals surface area contributed by atoms with Gasteiger partial charge in [-0.05, 0) is 25.5 Å². The minimum Gasteiger partial charge on any atom is -0.493 e. The van der Waals surface area contributed by atoms with E-state index >= 15 is 0 Å². The van der Waals surface area contributed by atoms with Crippen molar-refractivity contribution in [2.24, 2.45) is 5.73 Å². The number of hydrogen-bond acceptors (Lipinski definition) is 4. The van der Waals surface area contributed by atoms with E-state index in [9.17, 15) is 4.79 Å². The predicted octanol–water partition coefficient (Wildman–Crippen LogP) is 1.63. The van der Waals surface area contributed by atoms with Gasteiger partial charge < -0.3 is 15.2 Å². The number of benzene rings is 1. The Kier molecular flexibility index (Phi) is 5.66. The standard InChI is InChI=1S/C13H19NO3/c1-3-17-12-7-5-4-6-10(12)13(15)11(14)8-9-16-2/h4-7,11H,3,8-9,14H2,1-2H3. The first-order valence-corrected chi connectivity index (χ1v) is 5.71. The van der Waals surface area contributed by atoms with Gasteiger partial charge in [-0.1, -0.05) is 12.1 Å². The van der Waals surface area contributed by atoms with Crippen molar-refractivity contribution in [2.45, 2.75) is 19.4 Å². The average Bonchev–Trinajstić information content (AvgIpc) is 2.36. The SMILES string of the molecule is CCOc1ccccc1C(=O)C(N)CCOC. The van der Waals surface area contributed by atoms with Crippen LogP contribution < -0.4 is 10.5 Å². The van der Waals surface area contributed by atoms with Crippen molar-refractivity contribution in [3.05, 3.63) is 29.8 Å². The highest BCUT2D eigenvalue weighted by Gasteiger charge is 2.18. The fourth-order valence-corrected chi connectivity index (χ4v) is 1.53. The molecule has 1 atom stereocenters. The zero-order chi connectivity index (χ0) is 12.7. The third-order valence-corrected chi connectivity index (χ3v) is 2.42. The Labute approximate surface area is 102 Å². The summed E-state index contributed by atoms with van der Waals surface area (Å²) in [6.07, 6.45) is 0.510. The molecule has 1 unspecified atom stereocenters. The van der Waals surface area contributed by atoms with Crippen molar-refractivity contribution in [3.8, 4) is 5.75 Å². The number of Topliss-reactive ketones (excluding diaryl/α,β-unsaturated/α-hetero) is 1. The second-order valence-corrected chi connectivity index (χ2v) is 3.68. The fourth-order valence-electron chi connectivity index (χ4n) is 1.53. The van der Waals surface area contributed by atoms with Crippen LogP contribution in [0.5, 0.6) is 5.75 Å². The largest absolute Gasteiger partial charge is 0.493 e. The molecular formula is C13H19NO3. The summed E-state index contributed by atoms with van der Waals surface area (Å²) in [5.41, 5.74) is 6.36. The molecule has 0 radical (unpaired) electrons. The third-order valence-electron chi connectivity index (χ3n) is 2.42. The van der Waals surface area contributed by atoms with E-state index in [4.69, 9.17) is 15.2 Å². The topological polar surface area (TPSA) is 61.5 Å². The van der Waals surface area contributed by atoms with E-state index in [0.29, 0.717) is 30.9 Å². The van der Waals surface area contributed by atoms with Crippen molar-refractivity contribution in [2.75, 3.05) is 20.3 Å². The number of ether oxygens (including phenoxy) is 2. The van der Waals surface area contributed by atoms with Crippen LogP contribution in [0.2, 0.25) is 0 Å². The molecule has 1 aromatic rings. The maximum Gasteiger partial charge on any atom is 0.183 e. The molecule has 17 heavy (non-hydrogen) atoms. The van der Waals surface area contributed by atoms with E-state index in [1.807, 2.05) is 13.0 Å². The Morgan fingerprint density at radius 2 is 2.12 bits per heavy atom. The molecule has 0 aliphatic rings. The Bertz CT molecular complexity index is 365. The average molecular weight is 237 g/mol. The highest BCUT2D eigenvalue weighted by Crippen LogP contribution is 2.19. The Morgan fingerprint density at radius 3 is 2.76 bits per heavy atom. The second kappa shape index (κ2) is 7.04. The van der Waals surface area contributed by atoms with Crippen LogP contribution >= 0.6 is 0 Å². The Morgan fingerprint density at radius 1 is 1.41 bits per heavy atom. The Balaban J connectivity index is 2.80. The smallest absolute Gasteiger partial charge is 0.183 e. The number of ketones is 1. The quantitative estimate of drug-likeness (QED) is 0.732. The van der Waals surface area contributed by atoms with Crippen LogP contribution in [0.4, 0.5) is 0 Å². The van der Waals surface area contributed by atoms with Gasteiger partial charge in [0.05, 0.1) is 18.2 Å². The first-order valence-electron chi connectivity index (χ1n) is 5.71. The van der Waals surface area contributed by atoms with Gasteiger partial charge in [-0.3, -0.25) is 4.79 Å². The van der Waals surface area contributed by atoms with Gasteiger partial charge in [0.2, 0.25) is 0 Å². The van der Waals surface area contributed by atoms with E-state index in [-0.39, 0.29) is 5.78 Å². The second-order valence-electron chi connectivity index (χ2n) is 3.68. The molecule has 0 heterocycles. The number of para-hydroxylation sites is 1. The van der Waals surface area contributed by atoms with Gasteiger partial charge in [0.25, 0.3) is 0 Å². The van der Waals surface area contributed by atoms with Gasteiger partial charge in [-0.2, -0.15) is 0 Å². The minimum absolute atomic E-state index is 0.105. The summed E-state index contributed by atoms with van der Waals surface area (Å²) >= 11 is 0. The Hall–Kier alpha value is -1.39. The first kappa shape index (κ1) is 13.7. The normalized spacial score (nSPS) is 12.2. The number of methoxy groups -OCH3 is 1. The number of rotatable bonds is 7. The monoisotopic (exact) mass is 237 g/mol. The zero-order valence-corrected chi connectivity index (χ0v) is 10.3. The molecule has 0 amide bonds. The van der Waals surface area contributed by atoms with Crippen LogP contribution in [-0.4, -0.2) is 32.1 Å². The highest BCUT2D eigenvalue weighted by atomic mass is 16.5. The summed E-state index contributed by atoms with van der Waals surface area (Å²) in [6.45, 7) is 2.88. The highest BCUT2D eigenvalue weighted by molar-refractivity contribution is 6.02. The van der Waals surface area contributed by atoms with E-state index in [0.717, 1.165) is 0 Å². The van der Waals surface area contributed by atoms with Crippen LogP contribution in [0.1, 0.15) is 23.7 Å². The molecule has 0 spiro atoms. The molecule has 0 saturated heterocycles. The molecule has 0 aliphatic carbocycles. The van der Waals surface area contributed by atoms with Crippen LogP contribution in [-0.2, 0) is 4.74 Å². The molecule has 1 rings (SSSR count). The van der Waals surface area contributed by atoms with Crippen molar-refractivity contribution in [3.63, 3.8) is 0 Å². The number of hydrogen-bond donors (Lipinski definition) is 1. The summed E-state index contributed by atoms with van der Waals surface area (Å²) in [7, 11) is 1.59. The fraction of sp³-hybridized carbons (Fsp3) is 0.462. The third kappa shape index (κ3) is 3.84. The van der Waals surface area contributed by atoms with Gasteiger partial charge in [-0.25, -0.2) is 0 Å². The number of carbonyl (C=O) groups excluding carboxylic acids is 1. The number of carbonyl (C=O) groups is 1. The van der Waals surface area contributed by atoms with E-state index in [1.54, 1.807) is 25.3 Å². The van der Waals surface area contributed by atoms with Gasteiger partial charge in [0.15, 0.2) is 5.78 Å². The minimum atomic E-state index is -0.545. The van der Waals surface area contributed by atoms with E-state index < -0.39 is 6.04 Å². The summed E-state index contributed by atoms with van der Waals surface area (Å²) in [5, 5.41) is 0. The van der Waals surface area contributed by atoms with Crippen LogP contribution in [0.25, 0.3) is 0 Å². The molecule has 4 heteroatoms. The molecular weight excluding hydrogens is 218 g/mol. The lowest BCUT2D eigenvalue weighted by atomic mass is 10.0. The van der Waals surface area contributed by atoms with Crippen LogP contribution in [0.3, 0.4) is 0 Å². The maximum atomic E-state index is 12.1. The summed E-state index contributed by atoms with van der Waals surface area (Å²) < 4.78 is 10.3. The van der Waals surface area contributed by atoms with Crippen molar-refractivity contribution < 1.29 is 14.3 Å². The van der Waals surface area contributed by atoms with E-state index in [2.05, 4.69) is 0 Å². The molecule has 2 N–H and O–H groups in total. The van der Waals surface area contributed by atoms with Gasteiger partial charge >= 0.3 is 0 Å². The molecule has 0 aromatic heterocycles. The molecule has 0 bridgehead atoms. The van der Waals surface area contributed by atoms with Crippen LogP contribution in [0, 0.1) is 0 Å². The van der Waals surface area contributed by atoms with Crippen molar-refractivity contribution in [1.82, 2.24) is 0 Å². The molecule has 0 saturated carbocycles. The predicted molar refractivity (Wildman–Crippen MR) is 66.4 cm³/mol. The maximum absolute atomic E-state index is 12.1. The lowest BCUT2D eigenvalue weighted by Gasteiger charge is -2.13. The van der Waals surface area contributed by atoms with Gasteiger partial charge in [0.1, 0.15) is 5.75 Å². The summed E-state index contributed by atoms with van der Waals surface area (Å²) in [6, 6.07) is 6.61. The summed E-state index contributed by atoms with van der Waals surface area (Å²) in [5.74, 6) is 0.485. The lowest BCUT2D eigenvalue weighted by Crippen LogP contribution is -2.32. The van der Waals surface area contributed by atoms with Crippen molar-refractivity contribution in [1.29, 1.82) is 0 Å². The molecule has 1 aromatic carbocycles. The van der Waals surface area contributed by atoms with Gasteiger partial charge in [-0.15, -0.1) is 0 Å².